The van der Waals surface area contributed by atoms with E-state index in [1.807, 2.05) is 0 Å². The third kappa shape index (κ3) is 3.07. The van der Waals surface area contributed by atoms with Crippen LogP contribution < -0.4 is 10.9 Å². The van der Waals surface area contributed by atoms with E-state index in [1.54, 1.807) is 25.1 Å². The second-order valence-corrected chi connectivity index (χ2v) is 4.59. The molecule has 0 saturated carbocycles. The van der Waals surface area contributed by atoms with Crippen molar-refractivity contribution in [1.29, 1.82) is 0 Å². The van der Waals surface area contributed by atoms with Crippen molar-refractivity contribution in [3.63, 3.8) is 0 Å². The van der Waals surface area contributed by atoms with Crippen LogP contribution in [0.5, 0.6) is 0 Å². The highest BCUT2D eigenvalue weighted by Crippen LogP contribution is 2.14. The molecule has 0 fully saturated rings. The summed E-state index contributed by atoms with van der Waals surface area (Å²) >= 11 is 5.87. The van der Waals surface area contributed by atoms with E-state index in [1.165, 1.54) is 0 Å². The Bertz CT molecular complexity index is 610. The predicted molar refractivity (Wildman–Crippen MR) is 70.8 cm³/mol. The van der Waals surface area contributed by atoms with Gasteiger partial charge in [-0.1, -0.05) is 11.6 Å². The quantitative estimate of drug-likeness (QED) is 0.774. The van der Waals surface area contributed by atoms with Crippen molar-refractivity contribution in [3.05, 3.63) is 39.4 Å². The fourth-order valence-corrected chi connectivity index (χ4v) is 1.81. The van der Waals surface area contributed by atoms with E-state index in [9.17, 15) is 4.79 Å². The lowest BCUT2D eigenvalue weighted by molar-refractivity contribution is 0.190. The molecule has 0 aliphatic carbocycles. The van der Waals surface area contributed by atoms with Crippen molar-refractivity contribution in [2.75, 3.05) is 6.54 Å². The van der Waals surface area contributed by atoms with Gasteiger partial charge in [0.2, 0.25) is 0 Å². The van der Waals surface area contributed by atoms with E-state index in [4.69, 9.17) is 16.7 Å². The Labute approximate surface area is 109 Å². The van der Waals surface area contributed by atoms with E-state index in [0.29, 0.717) is 34.8 Å². The van der Waals surface area contributed by atoms with Crippen LogP contribution in [0.3, 0.4) is 0 Å². The molecule has 1 aromatic carbocycles. The first kappa shape index (κ1) is 13.0. The molecule has 3 N–H and O–H groups in total. The standard InChI is InChI=1S/C12H14ClN3O2/c1-7(17)5-14-6-11-15-10-4-8(13)2-3-9(10)12(18)16-11/h2-4,7,14,17H,5-6H2,1H3,(H,15,16,18). The lowest BCUT2D eigenvalue weighted by Gasteiger charge is -2.07. The number of halogens is 1. The van der Waals surface area contributed by atoms with Crippen molar-refractivity contribution < 1.29 is 5.11 Å². The molecule has 18 heavy (non-hydrogen) atoms. The maximum atomic E-state index is 11.8. The minimum atomic E-state index is -0.438. The Hall–Kier alpha value is -1.43. The maximum Gasteiger partial charge on any atom is 0.258 e. The van der Waals surface area contributed by atoms with Crippen LogP contribution in [0.2, 0.25) is 5.02 Å². The first-order valence-corrected chi connectivity index (χ1v) is 6.01. The van der Waals surface area contributed by atoms with Gasteiger partial charge >= 0.3 is 0 Å². The number of aliphatic hydroxyl groups excluding tert-OH is 1. The van der Waals surface area contributed by atoms with Crippen LogP contribution in [0.25, 0.3) is 10.9 Å². The smallest absolute Gasteiger partial charge is 0.258 e. The number of nitrogens with zero attached hydrogens (tertiary/aromatic N) is 1. The summed E-state index contributed by atoms with van der Waals surface area (Å²) in [5.41, 5.74) is 0.380. The zero-order valence-electron chi connectivity index (χ0n) is 9.90. The van der Waals surface area contributed by atoms with E-state index in [-0.39, 0.29) is 5.56 Å². The molecule has 6 heteroatoms. The fourth-order valence-electron chi connectivity index (χ4n) is 1.64. The summed E-state index contributed by atoms with van der Waals surface area (Å²) in [7, 11) is 0. The predicted octanol–water partition coefficient (Wildman–Crippen LogP) is 1.05. The molecule has 2 aromatic rings. The van der Waals surface area contributed by atoms with E-state index in [2.05, 4.69) is 15.3 Å². The SMILES string of the molecule is CC(O)CNCc1nc2cc(Cl)ccc2c(=O)[nH]1. The molecule has 5 nitrogen and oxygen atoms in total. The number of hydrogen-bond acceptors (Lipinski definition) is 4. The summed E-state index contributed by atoms with van der Waals surface area (Å²) in [5, 5.41) is 13.2. The van der Waals surface area contributed by atoms with Crippen molar-refractivity contribution in [1.82, 2.24) is 15.3 Å². The molecular formula is C12H14ClN3O2. The van der Waals surface area contributed by atoms with Gasteiger partial charge in [-0.25, -0.2) is 4.98 Å². The molecule has 0 aliphatic heterocycles. The molecular weight excluding hydrogens is 254 g/mol. The molecule has 0 amide bonds. The Morgan fingerprint density at radius 1 is 1.56 bits per heavy atom. The van der Waals surface area contributed by atoms with Gasteiger partial charge < -0.3 is 15.4 Å². The van der Waals surface area contributed by atoms with Gasteiger partial charge in [0.15, 0.2) is 0 Å². The van der Waals surface area contributed by atoms with E-state index >= 15 is 0 Å². The van der Waals surface area contributed by atoms with Gasteiger partial charge in [0.25, 0.3) is 5.56 Å². The fraction of sp³-hybridized carbons (Fsp3) is 0.333. The Morgan fingerprint density at radius 2 is 2.33 bits per heavy atom. The number of aromatic nitrogens is 2. The molecule has 0 aliphatic rings. The van der Waals surface area contributed by atoms with Crippen LogP contribution in [-0.2, 0) is 6.54 Å². The second kappa shape index (κ2) is 5.48. The van der Waals surface area contributed by atoms with Gasteiger partial charge in [-0.3, -0.25) is 4.79 Å². The topological polar surface area (TPSA) is 78.0 Å². The Balaban J connectivity index is 2.27. The Morgan fingerprint density at radius 3 is 3.06 bits per heavy atom. The monoisotopic (exact) mass is 267 g/mol. The number of aromatic amines is 1. The maximum absolute atomic E-state index is 11.8. The first-order valence-electron chi connectivity index (χ1n) is 5.63. The zero-order valence-corrected chi connectivity index (χ0v) is 10.7. The zero-order chi connectivity index (χ0) is 13.1. The number of H-pyrrole nitrogens is 1. The third-order valence-electron chi connectivity index (χ3n) is 2.45. The lowest BCUT2D eigenvalue weighted by atomic mass is 10.2. The summed E-state index contributed by atoms with van der Waals surface area (Å²) in [6.45, 7) is 2.52. The average Bonchev–Trinajstić information content (AvgIpc) is 2.27. The van der Waals surface area contributed by atoms with Gasteiger partial charge in [0.05, 0.1) is 23.6 Å². The largest absolute Gasteiger partial charge is 0.392 e. The van der Waals surface area contributed by atoms with Gasteiger partial charge in [-0.05, 0) is 25.1 Å². The number of hydrogen-bond donors (Lipinski definition) is 3. The summed E-state index contributed by atoms with van der Waals surface area (Å²) in [6, 6.07) is 4.97. The molecule has 0 bridgehead atoms. The highest BCUT2D eigenvalue weighted by molar-refractivity contribution is 6.31. The molecule has 0 radical (unpaired) electrons. The molecule has 96 valence electrons. The summed E-state index contributed by atoms with van der Waals surface area (Å²) < 4.78 is 0. The van der Waals surface area contributed by atoms with Crippen molar-refractivity contribution in [2.24, 2.45) is 0 Å². The minimum Gasteiger partial charge on any atom is -0.392 e. The lowest BCUT2D eigenvalue weighted by Crippen LogP contribution is -2.26. The third-order valence-corrected chi connectivity index (χ3v) is 2.68. The van der Waals surface area contributed by atoms with Crippen molar-refractivity contribution >= 4 is 22.5 Å². The molecule has 1 aromatic heterocycles. The van der Waals surface area contributed by atoms with E-state index in [0.717, 1.165) is 0 Å². The van der Waals surface area contributed by atoms with Crippen LogP contribution in [-0.4, -0.2) is 27.7 Å². The van der Waals surface area contributed by atoms with Gasteiger partial charge in [-0.15, -0.1) is 0 Å². The number of benzene rings is 1. The Kier molecular flexibility index (Phi) is 3.96. The van der Waals surface area contributed by atoms with Crippen LogP contribution >= 0.6 is 11.6 Å². The summed E-state index contributed by atoms with van der Waals surface area (Å²) in [5.74, 6) is 0.524. The van der Waals surface area contributed by atoms with Gasteiger partial charge in [0, 0.05) is 11.6 Å². The summed E-state index contributed by atoms with van der Waals surface area (Å²) in [4.78, 5) is 18.8. The molecule has 2 rings (SSSR count). The van der Waals surface area contributed by atoms with Crippen molar-refractivity contribution in [3.8, 4) is 0 Å². The number of rotatable bonds is 4. The highest BCUT2D eigenvalue weighted by Gasteiger charge is 2.04. The first-order chi connectivity index (χ1) is 8.56. The molecule has 1 heterocycles. The number of aliphatic hydroxyl groups is 1. The summed E-state index contributed by atoms with van der Waals surface area (Å²) in [6.07, 6.45) is -0.438. The van der Waals surface area contributed by atoms with Crippen LogP contribution in [0.15, 0.2) is 23.0 Å². The molecule has 0 spiro atoms. The van der Waals surface area contributed by atoms with Crippen molar-refractivity contribution in [2.45, 2.75) is 19.6 Å². The number of nitrogens with one attached hydrogen (secondary N) is 2. The van der Waals surface area contributed by atoms with Crippen LogP contribution in [0.4, 0.5) is 0 Å². The van der Waals surface area contributed by atoms with Crippen LogP contribution in [0, 0.1) is 0 Å². The van der Waals surface area contributed by atoms with Gasteiger partial charge in [-0.2, -0.15) is 0 Å². The minimum absolute atomic E-state index is 0.189. The average molecular weight is 268 g/mol. The van der Waals surface area contributed by atoms with E-state index < -0.39 is 6.10 Å². The second-order valence-electron chi connectivity index (χ2n) is 4.15. The number of fused-ring (bicyclic) bond motifs is 1. The normalized spacial score (nSPS) is 12.8. The van der Waals surface area contributed by atoms with Gasteiger partial charge in [0.1, 0.15) is 5.82 Å². The molecule has 0 saturated heterocycles. The highest BCUT2D eigenvalue weighted by atomic mass is 35.5. The van der Waals surface area contributed by atoms with Crippen LogP contribution in [0.1, 0.15) is 12.7 Å². The molecule has 1 unspecified atom stereocenters. The molecule has 1 atom stereocenters.